The summed E-state index contributed by atoms with van der Waals surface area (Å²) in [7, 11) is 0. The highest BCUT2D eigenvalue weighted by molar-refractivity contribution is 6.11. The molecule has 0 radical (unpaired) electrons. The van der Waals surface area contributed by atoms with Crippen molar-refractivity contribution in [1.82, 2.24) is 9.78 Å². The number of nitrogens with one attached hydrogen (secondary N) is 2. The number of halogens is 3. The number of carbonyl (C=O) groups excluding carboxylic acids is 1. The molecule has 0 saturated carbocycles. The molecule has 1 aliphatic rings. The first-order valence-corrected chi connectivity index (χ1v) is 10.2. The van der Waals surface area contributed by atoms with Crippen LogP contribution in [0.15, 0.2) is 79.0 Å². The Morgan fingerprint density at radius 3 is 2.50 bits per heavy atom. The van der Waals surface area contributed by atoms with Gasteiger partial charge in [0, 0.05) is 17.5 Å². The average Bonchev–Trinajstić information content (AvgIpc) is 3.23. The van der Waals surface area contributed by atoms with Gasteiger partial charge in [-0.1, -0.05) is 66.7 Å². The van der Waals surface area contributed by atoms with Crippen LogP contribution in [0.5, 0.6) is 0 Å². The van der Waals surface area contributed by atoms with Crippen LogP contribution in [0.3, 0.4) is 0 Å². The summed E-state index contributed by atoms with van der Waals surface area (Å²) in [4.78, 5) is 13.1. The zero-order valence-electron chi connectivity index (χ0n) is 16.8. The van der Waals surface area contributed by atoms with Crippen molar-refractivity contribution in [2.75, 3.05) is 10.6 Å². The largest absolute Gasteiger partial charge is 0.410 e. The third-order valence-electron chi connectivity index (χ3n) is 5.72. The number of rotatable bonds is 3. The highest BCUT2D eigenvalue weighted by Gasteiger charge is 2.47. The Balaban J connectivity index is 1.52. The molecule has 0 bridgehead atoms. The molecular weight excluding hydrogens is 417 g/mol. The van der Waals surface area contributed by atoms with Crippen molar-refractivity contribution in [3.8, 4) is 0 Å². The van der Waals surface area contributed by atoms with E-state index in [4.69, 9.17) is 0 Å². The number of anilines is 2. The molecule has 0 fully saturated rings. The molecule has 162 valence electrons. The first-order valence-electron chi connectivity index (χ1n) is 10.2. The lowest BCUT2D eigenvalue weighted by Crippen LogP contribution is -2.36. The number of amides is 1. The van der Waals surface area contributed by atoms with Gasteiger partial charge in [-0.3, -0.25) is 4.79 Å². The van der Waals surface area contributed by atoms with E-state index in [-0.39, 0.29) is 17.8 Å². The lowest BCUT2D eigenvalue weighted by atomic mass is 9.96. The Kier molecular flexibility index (Phi) is 4.84. The SMILES string of the molecule is O=C(Nc1cccc2ccccc12)c1cnn2c1N[C@@H](c1ccccc1)C[C@H]2C(F)(F)F. The van der Waals surface area contributed by atoms with Gasteiger partial charge in [0.15, 0.2) is 6.04 Å². The van der Waals surface area contributed by atoms with E-state index in [2.05, 4.69) is 15.7 Å². The van der Waals surface area contributed by atoms with Gasteiger partial charge in [0.05, 0.1) is 12.2 Å². The number of carbonyl (C=O) groups is 1. The second-order valence-electron chi connectivity index (χ2n) is 7.73. The van der Waals surface area contributed by atoms with Crippen molar-refractivity contribution < 1.29 is 18.0 Å². The van der Waals surface area contributed by atoms with Gasteiger partial charge >= 0.3 is 6.18 Å². The molecule has 5 rings (SSSR count). The fourth-order valence-corrected chi connectivity index (χ4v) is 4.16. The summed E-state index contributed by atoms with van der Waals surface area (Å²) in [5, 5.41) is 11.7. The monoisotopic (exact) mass is 436 g/mol. The van der Waals surface area contributed by atoms with Crippen molar-refractivity contribution in [3.63, 3.8) is 0 Å². The van der Waals surface area contributed by atoms with Crippen LogP contribution in [-0.4, -0.2) is 21.9 Å². The number of benzene rings is 3. The van der Waals surface area contributed by atoms with Crippen LogP contribution in [0.1, 0.15) is 34.4 Å². The second kappa shape index (κ2) is 7.71. The van der Waals surface area contributed by atoms with Crippen LogP contribution in [0.25, 0.3) is 10.8 Å². The minimum absolute atomic E-state index is 0.0603. The van der Waals surface area contributed by atoms with E-state index in [1.807, 2.05) is 36.4 Å². The maximum absolute atomic E-state index is 13.9. The van der Waals surface area contributed by atoms with E-state index in [1.54, 1.807) is 36.4 Å². The second-order valence-corrected chi connectivity index (χ2v) is 7.73. The van der Waals surface area contributed by atoms with Gasteiger partial charge in [-0.25, -0.2) is 4.68 Å². The Bertz CT molecular complexity index is 1280. The van der Waals surface area contributed by atoms with Gasteiger partial charge in [0.1, 0.15) is 11.4 Å². The van der Waals surface area contributed by atoms with Gasteiger partial charge in [-0.15, -0.1) is 0 Å². The molecule has 1 aromatic heterocycles. The molecule has 2 atom stereocenters. The topological polar surface area (TPSA) is 59.0 Å². The van der Waals surface area contributed by atoms with Gasteiger partial charge in [0.25, 0.3) is 5.91 Å². The minimum atomic E-state index is -4.50. The number of hydrogen-bond acceptors (Lipinski definition) is 3. The van der Waals surface area contributed by atoms with Crippen LogP contribution < -0.4 is 10.6 Å². The third-order valence-corrected chi connectivity index (χ3v) is 5.72. The summed E-state index contributed by atoms with van der Waals surface area (Å²) in [5.74, 6) is -0.463. The van der Waals surface area contributed by atoms with Crippen molar-refractivity contribution in [3.05, 3.63) is 90.1 Å². The Labute approximate surface area is 181 Å². The maximum atomic E-state index is 13.9. The number of alkyl halides is 3. The molecule has 2 heterocycles. The zero-order chi connectivity index (χ0) is 22.3. The quantitative estimate of drug-likeness (QED) is 0.417. The lowest BCUT2D eigenvalue weighted by molar-refractivity contribution is -0.173. The van der Waals surface area contributed by atoms with Gasteiger partial charge in [-0.2, -0.15) is 18.3 Å². The molecule has 0 unspecified atom stereocenters. The summed E-state index contributed by atoms with van der Waals surface area (Å²) in [6.45, 7) is 0. The van der Waals surface area contributed by atoms with E-state index in [0.29, 0.717) is 5.69 Å². The molecular formula is C24H19F3N4O. The molecule has 8 heteroatoms. The molecule has 0 saturated heterocycles. The predicted octanol–water partition coefficient (Wildman–Crippen LogP) is 5.95. The molecule has 5 nitrogen and oxygen atoms in total. The van der Waals surface area contributed by atoms with Crippen molar-refractivity contribution in [2.24, 2.45) is 0 Å². The highest BCUT2D eigenvalue weighted by Crippen LogP contribution is 2.44. The molecule has 3 aromatic carbocycles. The van der Waals surface area contributed by atoms with Crippen LogP contribution in [-0.2, 0) is 0 Å². The van der Waals surface area contributed by atoms with E-state index in [0.717, 1.165) is 21.0 Å². The molecule has 0 spiro atoms. The van der Waals surface area contributed by atoms with Crippen LogP contribution in [0.2, 0.25) is 0 Å². The molecule has 4 aromatic rings. The summed E-state index contributed by atoms with van der Waals surface area (Å²) in [6, 6.07) is 19.5. The maximum Gasteiger partial charge on any atom is 0.410 e. The Morgan fingerprint density at radius 1 is 1.00 bits per heavy atom. The Morgan fingerprint density at radius 2 is 1.72 bits per heavy atom. The van der Waals surface area contributed by atoms with Crippen molar-refractivity contribution in [1.29, 1.82) is 0 Å². The van der Waals surface area contributed by atoms with Gasteiger partial charge < -0.3 is 10.6 Å². The molecule has 1 aliphatic heterocycles. The standard InChI is InChI=1S/C24H19F3N4O/c25-24(26,27)21-13-20(16-8-2-1-3-9-16)29-22-18(14-28-31(21)22)23(32)30-19-12-6-10-15-7-4-5-11-17(15)19/h1-12,14,20-21,29H,13H2,(H,30,32)/t20-,21+/m1/s1. The highest BCUT2D eigenvalue weighted by atomic mass is 19.4. The third kappa shape index (κ3) is 3.57. The summed E-state index contributed by atoms with van der Waals surface area (Å²) in [5.41, 5.74) is 1.36. The molecule has 1 amide bonds. The van der Waals surface area contributed by atoms with E-state index in [9.17, 15) is 18.0 Å². The fourth-order valence-electron chi connectivity index (χ4n) is 4.16. The van der Waals surface area contributed by atoms with Crippen molar-refractivity contribution in [2.45, 2.75) is 24.7 Å². The summed E-state index contributed by atoms with van der Waals surface area (Å²) >= 11 is 0. The fraction of sp³-hybridized carbons (Fsp3) is 0.167. The first-order chi connectivity index (χ1) is 15.4. The smallest absolute Gasteiger partial charge is 0.363 e. The normalized spacial score (nSPS) is 18.1. The number of nitrogens with zero attached hydrogens (tertiary/aromatic N) is 2. The number of fused-ring (bicyclic) bond motifs is 2. The van der Waals surface area contributed by atoms with Gasteiger partial charge in [-0.05, 0) is 17.0 Å². The lowest BCUT2D eigenvalue weighted by Gasteiger charge is -2.34. The molecule has 0 aliphatic carbocycles. The predicted molar refractivity (Wildman–Crippen MR) is 117 cm³/mol. The molecule has 2 N–H and O–H groups in total. The van der Waals surface area contributed by atoms with E-state index in [1.165, 1.54) is 6.20 Å². The van der Waals surface area contributed by atoms with Crippen molar-refractivity contribution >= 4 is 28.2 Å². The minimum Gasteiger partial charge on any atom is -0.363 e. The number of hydrogen-bond donors (Lipinski definition) is 2. The van der Waals surface area contributed by atoms with E-state index >= 15 is 0 Å². The van der Waals surface area contributed by atoms with E-state index < -0.39 is 24.2 Å². The molecule has 32 heavy (non-hydrogen) atoms. The average molecular weight is 436 g/mol. The summed E-state index contributed by atoms with van der Waals surface area (Å²) < 4.78 is 42.4. The van der Waals surface area contributed by atoms with Crippen LogP contribution in [0.4, 0.5) is 24.7 Å². The first kappa shape index (κ1) is 20.1. The van der Waals surface area contributed by atoms with Crippen LogP contribution >= 0.6 is 0 Å². The van der Waals surface area contributed by atoms with Crippen LogP contribution in [0, 0.1) is 0 Å². The summed E-state index contributed by atoms with van der Waals surface area (Å²) in [6.07, 6.45) is -3.53. The van der Waals surface area contributed by atoms with Gasteiger partial charge in [0.2, 0.25) is 0 Å². The number of aromatic nitrogens is 2. The Hall–Kier alpha value is -3.81. The zero-order valence-corrected chi connectivity index (χ0v) is 16.8.